The number of nitrogens with one attached hydrogen (secondary N) is 1. The number of carbonyl (C=O) groups excluding carboxylic acids is 1. The highest BCUT2D eigenvalue weighted by Gasteiger charge is 2.14. The Labute approximate surface area is 97.6 Å². The molecule has 0 bridgehead atoms. The lowest BCUT2D eigenvalue weighted by Gasteiger charge is -1.93. The predicted molar refractivity (Wildman–Crippen MR) is 65.0 cm³/mol. The van der Waals surface area contributed by atoms with Crippen LogP contribution in [0, 0.1) is 0 Å². The van der Waals surface area contributed by atoms with Crippen LogP contribution in [0.25, 0.3) is 17.0 Å². The molecule has 0 amide bonds. The van der Waals surface area contributed by atoms with E-state index in [0.717, 1.165) is 17.2 Å². The first-order chi connectivity index (χ1) is 8.24. The summed E-state index contributed by atoms with van der Waals surface area (Å²) in [6, 6.07) is 7.35. The first-order valence-corrected chi connectivity index (χ1v) is 5.18. The zero-order valence-corrected chi connectivity index (χ0v) is 9.01. The van der Waals surface area contributed by atoms with Crippen LogP contribution in [0.3, 0.4) is 0 Å². The molecule has 2 rings (SSSR count). The van der Waals surface area contributed by atoms with Gasteiger partial charge >= 0.3 is 5.97 Å². The predicted octanol–water partition coefficient (Wildman–Crippen LogP) is 2.47. The smallest absolute Gasteiger partial charge is 0.352 e. The number of aldehydes is 1. The van der Waals surface area contributed by atoms with Crippen molar-refractivity contribution in [2.75, 3.05) is 0 Å². The molecule has 0 radical (unpaired) electrons. The molecule has 4 nitrogen and oxygen atoms in total. The maximum Gasteiger partial charge on any atom is 0.352 e. The third-order valence-corrected chi connectivity index (χ3v) is 2.48. The third-order valence-electron chi connectivity index (χ3n) is 2.48. The van der Waals surface area contributed by atoms with E-state index in [1.54, 1.807) is 12.2 Å². The van der Waals surface area contributed by atoms with Gasteiger partial charge in [-0.05, 0) is 6.07 Å². The molecule has 0 fully saturated rings. The molecule has 1 heterocycles. The number of H-pyrrole nitrogens is 1. The summed E-state index contributed by atoms with van der Waals surface area (Å²) < 4.78 is 0. The minimum Gasteiger partial charge on any atom is -0.477 e. The van der Waals surface area contributed by atoms with Crippen LogP contribution < -0.4 is 0 Å². The molecule has 0 saturated carbocycles. The van der Waals surface area contributed by atoms with E-state index in [9.17, 15) is 9.59 Å². The Balaban J connectivity index is 2.59. The normalized spacial score (nSPS) is 11.1. The second-order valence-electron chi connectivity index (χ2n) is 3.57. The van der Waals surface area contributed by atoms with Gasteiger partial charge in [0, 0.05) is 22.9 Å². The summed E-state index contributed by atoms with van der Waals surface area (Å²) in [5.74, 6) is -1.01. The fraction of sp³-hybridized carbons (Fsp3) is 0.0769. The number of fused-ring (bicyclic) bond motifs is 1. The fourth-order valence-corrected chi connectivity index (χ4v) is 1.75. The molecule has 86 valence electrons. The number of aromatic amines is 1. The molecule has 1 aromatic heterocycles. The zero-order chi connectivity index (χ0) is 12.3. The number of benzene rings is 1. The van der Waals surface area contributed by atoms with Crippen LogP contribution in [0.5, 0.6) is 0 Å². The van der Waals surface area contributed by atoms with Crippen LogP contribution in [0.4, 0.5) is 0 Å². The number of hydrogen-bond acceptors (Lipinski definition) is 2. The molecule has 0 unspecified atom stereocenters. The number of para-hydroxylation sites is 1. The van der Waals surface area contributed by atoms with E-state index in [0.29, 0.717) is 5.56 Å². The Morgan fingerprint density at radius 3 is 2.82 bits per heavy atom. The lowest BCUT2D eigenvalue weighted by molar-refractivity contribution is -0.107. The van der Waals surface area contributed by atoms with Crippen LogP contribution in [-0.2, 0) is 4.79 Å². The Morgan fingerprint density at radius 2 is 2.12 bits per heavy atom. The number of carboxylic acids is 1. The first-order valence-electron chi connectivity index (χ1n) is 5.18. The number of hydrogen-bond donors (Lipinski definition) is 2. The minimum absolute atomic E-state index is 0.147. The molecule has 0 aliphatic carbocycles. The van der Waals surface area contributed by atoms with E-state index in [1.165, 1.54) is 0 Å². The summed E-state index contributed by atoms with van der Waals surface area (Å²) in [5.41, 5.74) is 1.53. The van der Waals surface area contributed by atoms with Crippen molar-refractivity contribution in [3.8, 4) is 0 Å². The van der Waals surface area contributed by atoms with Crippen molar-refractivity contribution in [2.45, 2.75) is 6.42 Å². The van der Waals surface area contributed by atoms with Crippen molar-refractivity contribution in [3.63, 3.8) is 0 Å². The summed E-state index contributed by atoms with van der Waals surface area (Å²) in [6.45, 7) is 0. The van der Waals surface area contributed by atoms with Crippen molar-refractivity contribution < 1.29 is 14.7 Å². The molecule has 2 N–H and O–H groups in total. The number of aromatic nitrogens is 1. The van der Waals surface area contributed by atoms with Crippen LogP contribution in [-0.4, -0.2) is 22.3 Å². The average molecular weight is 229 g/mol. The SMILES string of the molecule is O=CCC=Cc1c(C(=O)O)[nH]c2ccccc12. The van der Waals surface area contributed by atoms with Crippen molar-refractivity contribution in [1.29, 1.82) is 0 Å². The first kappa shape index (κ1) is 11.1. The van der Waals surface area contributed by atoms with E-state index in [2.05, 4.69) is 4.98 Å². The Bertz CT molecular complexity index is 596. The lowest BCUT2D eigenvalue weighted by Crippen LogP contribution is -1.98. The van der Waals surface area contributed by atoms with Gasteiger partial charge in [0.15, 0.2) is 0 Å². The number of aromatic carboxylic acids is 1. The second-order valence-corrected chi connectivity index (χ2v) is 3.57. The highest BCUT2D eigenvalue weighted by Crippen LogP contribution is 2.23. The Hall–Kier alpha value is -2.36. The minimum atomic E-state index is -1.01. The Morgan fingerprint density at radius 1 is 1.35 bits per heavy atom. The molecular weight excluding hydrogens is 218 g/mol. The van der Waals surface area contributed by atoms with E-state index < -0.39 is 5.97 Å². The van der Waals surface area contributed by atoms with Crippen LogP contribution in [0.1, 0.15) is 22.5 Å². The molecule has 0 aliphatic heterocycles. The maximum atomic E-state index is 11.1. The number of carbonyl (C=O) groups is 2. The van der Waals surface area contributed by atoms with Gasteiger partial charge in [-0.1, -0.05) is 30.4 Å². The summed E-state index contributed by atoms with van der Waals surface area (Å²) in [5, 5.41) is 9.93. The monoisotopic (exact) mass is 229 g/mol. The molecule has 4 heteroatoms. The quantitative estimate of drug-likeness (QED) is 0.791. The third kappa shape index (κ3) is 2.10. The van der Waals surface area contributed by atoms with Crippen molar-refractivity contribution in [2.24, 2.45) is 0 Å². The average Bonchev–Trinajstić information content (AvgIpc) is 2.69. The highest BCUT2D eigenvalue weighted by atomic mass is 16.4. The van der Waals surface area contributed by atoms with Gasteiger partial charge in [0.05, 0.1) is 0 Å². The van der Waals surface area contributed by atoms with Gasteiger partial charge in [0.25, 0.3) is 0 Å². The summed E-state index contributed by atoms with van der Waals surface area (Å²) >= 11 is 0. The molecule has 0 aliphatic rings. The molecule has 0 spiro atoms. The molecule has 0 saturated heterocycles. The van der Waals surface area contributed by atoms with E-state index >= 15 is 0 Å². The van der Waals surface area contributed by atoms with Gasteiger partial charge in [0.1, 0.15) is 12.0 Å². The lowest BCUT2D eigenvalue weighted by atomic mass is 10.1. The molecule has 0 atom stereocenters. The molecular formula is C13H11NO3. The van der Waals surface area contributed by atoms with Gasteiger partial charge in [-0.3, -0.25) is 0 Å². The fourth-order valence-electron chi connectivity index (χ4n) is 1.75. The van der Waals surface area contributed by atoms with Crippen molar-refractivity contribution in [1.82, 2.24) is 4.98 Å². The zero-order valence-electron chi connectivity index (χ0n) is 9.01. The summed E-state index contributed by atoms with van der Waals surface area (Å²) in [7, 11) is 0. The van der Waals surface area contributed by atoms with Crippen LogP contribution in [0.2, 0.25) is 0 Å². The van der Waals surface area contributed by atoms with Gasteiger partial charge in [-0.2, -0.15) is 0 Å². The van der Waals surface area contributed by atoms with Crippen LogP contribution in [0.15, 0.2) is 30.3 Å². The highest BCUT2D eigenvalue weighted by molar-refractivity contribution is 6.01. The van der Waals surface area contributed by atoms with Gasteiger partial charge < -0.3 is 14.9 Å². The molecule has 17 heavy (non-hydrogen) atoms. The largest absolute Gasteiger partial charge is 0.477 e. The second kappa shape index (κ2) is 4.65. The van der Waals surface area contributed by atoms with E-state index in [4.69, 9.17) is 5.11 Å². The maximum absolute atomic E-state index is 11.1. The van der Waals surface area contributed by atoms with Crippen molar-refractivity contribution in [3.05, 3.63) is 41.6 Å². The molecule has 2 aromatic rings. The number of rotatable bonds is 4. The van der Waals surface area contributed by atoms with Gasteiger partial charge in [-0.25, -0.2) is 4.79 Å². The molecule has 1 aromatic carbocycles. The van der Waals surface area contributed by atoms with E-state index in [1.807, 2.05) is 24.3 Å². The summed E-state index contributed by atoms with van der Waals surface area (Å²) in [4.78, 5) is 24.2. The summed E-state index contributed by atoms with van der Waals surface area (Å²) in [6.07, 6.45) is 4.36. The van der Waals surface area contributed by atoms with Gasteiger partial charge in [0.2, 0.25) is 0 Å². The van der Waals surface area contributed by atoms with Gasteiger partial charge in [-0.15, -0.1) is 0 Å². The van der Waals surface area contributed by atoms with Crippen molar-refractivity contribution >= 4 is 29.2 Å². The van der Waals surface area contributed by atoms with Crippen LogP contribution >= 0.6 is 0 Å². The standard InChI is InChI=1S/C13H11NO3/c15-8-4-3-6-10-9-5-1-2-7-11(9)14-12(10)13(16)17/h1-3,5-8,14H,4H2,(H,16,17). The Kier molecular flexibility index (Phi) is 3.05. The number of carboxylic acid groups (broad SMARTS) is 1. The number of allylic oxidation sites excluding steroid dienone is 1. The topological polar surface area (TPSA) is 70.2 Å². The van der Waals surface area contributed by atoms with E-state index in [-0.39, 0.29) is 12.1 Å².